The Labute approximate surface area is 241 Å². The number of halogens is 1. The molecule has 0 saturated carbocycles. The summed E-state index contributed by atoms with van der Waals surface area (Å²) in [6, 6.07) is 5.88. The highest BCUT2D eigenvalue weighted by atomic mass is 35.5. The molecule has 3 rings (SSSR count). The quantitative estimate of drug-likeness (QED) is 0.372. The van der Waals surface area contributed by atoms with E-state index < -0.39 is 35.6 Å². The van der Waals surface area contributed by atoms with Gasteiger partial charge in [0.25, 0.3) is 0 Å². The SMILES string of the molecule is CCCCOC(=O)N[C@H](C(=O)N1C[C@H](O)C[C@H]1C(=O)N[C@@H](C)c1ccc(-c2scnc2C)cc1)C(C)(C)C.Cl. The Hall–Kier alpha value is -2.69. The number of alkyl carbamates (subject to hydrolysis) is 1. The number of hydrogen-bond donors (Lipinski definition) is 3. The van der Waals surface area contributed by atoms with Crippen molar-refractivity contribution in [3.63, 3.8) is 0 Å². The minimum atomic E-state index is -0.919. The van der Waals surface area contributed by atoms with Crippen molar-refractivity contribution in [2.75, 3.05) is 13.2 Å². The highest BCUT2D eigenvalue weighted by Crippen LogP contribution is 2.29. The summed E-state index contributed by atoms with van der Waals surface area (Å²) in [5, 5.41) is 16.1. The van der Waals surface area contributed by atoms with Crippen LogP contribution >= 0.6 is 23.7 Å². The molecule has 1 aliphatic rings. The van der Waals surface area contributed by atoms with Gasteiger partial charge in [0.05, 0.1) is 34.8 Å². The Morgan fingerprint density at radius 2 is 1.87 bits per heavy atom. The van der Waals surface area contributed by atoms with Gasteiger partial charge in [-0.25, -0.2) is 9.78 Å². The first kappa shape index (κ1) is 32.5. The molecule has 1 fully saturated rings. The van der Waals surface area contributed by atoms with Crippen molar-refractivity contribution in [2.24, 2.45) is 5.41 Å². The minimum Gasteiger partial charge on any atom is -0.450 e. The third-order valence-electron chi connectivity index (χ3n) is 6.75. The van der Waals surface area contributed by atoms with Crippen LogP contribution in [0, 0.1) is 12.3 Å². The monoisotopic (exact) mass is 580 g/mol. The fourth-order valence-electron chi connectivity index (χ4n) is 4.48. The summed E-state index contributed by atoms with van der Waals surface area (Å²) in [5.74, 6) is -0.762. The maximum atomic E-state index is 13.6. The molecule has 1 aliphatic heterocycles. The van der Waals surface area contributed by atoms with Gasteiger partial charge in [-0.15, -0.1) is 23.7 Å². The number of benzene rings is 1. The smallest absolute Gasteiger partial charge is 0.407 e. The lowest BCUT2D eigenvalue weighted by molar-refractivity contribution is -0.142. The molecular weight excluding hydrogens is 540 g/mol. The Balaban J connectivity index is 0.00000533. The maximum absolute atomic E-state index is 13.6. The molecule has 1 saturated heterocycles. The molecule has 0 spiro atoms. The molecule has 11 heteroatoms. The summed E-state index contributed by atoms with van der Waals surface area (Å²) >= 11 is 1.58. The van der Waals surface area contributed by atoms with E-state index >= 15 is 0 Å². The standard InChI is InChI=1S/C28H40N4O5S.ClH/c1-7-8-13-37-27(36)31-24(28(4,5)6)26(35)32-15-21(33)14-22(32)25(34)30-17(2)19-9-11-20(12-10-19)23-18(3)29-16-38-23;/h9-12,16-17,21-22,24,33H,7-8,13-15H2,1-6H3,(H,30,34)(H,31,36);1H/t17-,21+,22-,24+;/m0./s1. The topological polar surface area (TPSA) is 121 Å². The number of thiazole rings is 1. The third kappa shape index (κ3) is 8.40. The number of β-amino-alcohol motifs (C(OH)–C–C–N with tert-alkyl or cyclic N) is 1. The van der Waals surface area contributed by atoms with Crippen LogP contribution in [0.15, 0.2) is 29.8 Å². The zero-order chi connectivity index (χ0) is 28.0. The Morgan fingerprint density at radius 3 is 2.44 bits per heavy atom. The molecule has 3 N–H and O–H groups in total. The van der Waals surface area contributed by atoms with Gasteiger partial charge in [-0.1, -0.05) is 58.4 Å². The van der Waals surface area contributed by atoms with Crippen molar-refractivity contribution >= 4 is 41.7 Å². The normalized spacial score (nSPS) is 18.6. The number of hydrogen-bond acceptors (Lipinski definition) is 7. The van der Waals surface area contributed by atoms with Crippen molar-refractivity contribution in [1.82, 2.24) is 20.5 Å². The number of likely N-dealkylation sites (tertiary alicyclic amines) is 1. The van der Waals surface area contributed by atoms with Gasteiger partial charge in [-0.2, -0.15) is 0 Å². The van der Waals surface area contributed by atoms with Crippen molar-refractivity contribution in [2.45, 2.75) is 85.0 Å². The predicted molar refractivity (Wildman–Crippen MR) is 155 cm³/mol. The summed E-state index contributed by atoms with van der Waals surface area (Å²) in [6.07, 6.45) is 0.243. The average Bonchev–Trinajstić information content (AvgIpc) is 3.47. The first-order valence-electron chi connectivity index (χ1n) is 13.1. The zero-order valence-corrected chi connectivity index (χ0v) is 25.2. The first-order valence-corrected chi connectivity index (χ1v) is 14.0. The molecule has 0 aliphatic carbocycles. The Morgan fingerprint density at radius 1 is 1.21 bits per heavy atom. The van der Waals surface area contributed by atoms with E-state index in [9.17, 15) is 19.5 Å². The van der Waals surface area contributed by atoms with Crippen LogP contribution in [-0.4, -0.2) is 64.2 Å². The second-order valence-corrected chi connectivity index (χ2v) is 11.8. The molecule has 0 unspecified atom stereocenters. The van der Waals surface area contributed by atoms with Crippen LogP contribution in [0.1, 0.15) is 71.2 Å². The van der Waals surface area contributed by atoms with Crippen LogP contribution in [-0.2, 0) is 14.3 Å². The number of aromatic nitrogens is 1. The second-order valence-electron chi connectivity index (χ2n) is 10.9. The number of aryl methyl sites for hydroxylation is 1. The first-order chi connectivity index (χ1) is 17.9. The number of unbranched alkanes of at least 4 members (excludes halogenated alkanes) is 1. The molecule has 3 amide bonds. The van der Waals surface area contributed by atoms with Gasteiger partial charge < -0.3 is 25.4 Å². The molecule has 1 aromatic carbocycles. The van der Waals surface area contributed by atoms with Crippen molar-refractivity contribution in [3.8, 4) is 10.4 Å². The van der Waals surface area contributed by atoms with Crippen molar-refractivity contribution in [1.29, 1.82) is 0 Å². The molecule has 0 radical (unpaired) electrons. The number of carbonyl (C=O) groups is 3. The van der Waals surface area contributed by atoms with Crippen LogP contribution in [0.3, 0.4) is 0 Å². The molecule has 2 heterocycles. The summed E-state index contributed by atoms with van der Waals surface area (Å²) < 4.78 is 5.20. The number of carbonyl (C=O) groups excluding carboxylic acids is 3. The molecular formula is C28H41ClN4O5S. The lowest BCUT2D eigenvalue weighted by atomic mass is 9.85. The highest BCUT2D eigenvalue weighted by molar-refractivity contribution is 7.13. The minimum absolute atomic E-state index is 0. The van der Waals surface area contributed by atoms with Gasteiger partial charge in [0.15, 0.2) is 0 Å². The van der Waals surface area contributed by atoms with Gasteiger partial charge in [0.2, 0.25) is 11.8 Å². The molecule has 2 aromatic rings. The van der Waals surface area contributed by atoms with E-state index in [4.69, 9.17) is 4.74 Å². The number of nitrogens with zero attached hydrogens (tertiary/aromatic N) is 2. The largest absolute Gasteiger partial charge is 0.450 e. The molecule has 216 valence electrons. The lowest BCUT2D eigenvalue weighted by Crippen LogP contribution is -2.58. The number of aliphatic hydroxyl groups is 1. The molecule has 9 nitrogen and oxygen atoms in total. The lowest BCUT2D eigenvalue weighted by Gasteiger charge is -2.35. The van der Waals surface area contributed by atoms with E-state index in [2.05, 4.69) is 15.6 Å². The Bertz CT molecular complexity index is 1120. The predicted octanol–water partition coefficient (Wildman–Crippen LogP) is 4.62. The summed E-state index contributed by atoms with van der Waals surface area (Å²) in [6.45, 7) is 11.6. The maximum Gasteiger partial charge on any atom is 0.407 e. The van der Waals surface area contributed by atoms with Crippen LogP contribution in [0.2, 0.25) is 0 Å². The average molecular weight is 581 g/mol. The van der Waals surface area contributed by atoms with Crippen LogP contribution in [0.5, 0.6) is 0 Å². The van der Waals surface area contributed by atoms with E-state index in [-0.39, 0.29) is 43.9 Å². The number of amides is 3. The zero-order valence-electron chi connectivity index (χ0n) is 23.5. The van der Waals surface area contributed by atoms with Gasteiger partial charge in [-0.3, -0.25) is 9.59 Å². The van der Waals surface area contributed by atoms with Crippen molar-refractivity contribution < 1.29 is 24.2 Å². The van der Waals surface area contributed by atoms with E-state index in [1.165, 1.54) is 4.90 Å². The Kier molecular flexibility index (Phi) is 11.8. The van der Waals surface area contributed by atoms with Gasteiger partial charge >= 0.3 is 6.09 Å². The molecule has 0 bridgehead atoms. The molecule has 39 heavy (non-hydrogen) atoms. The van der Waals surface area contributed by atoms with Crippen molar-refractivity contribution in [3.05, 3.63) is 41.0 Å². The van der Waals surface area contributed by atoms with E-state index in [0.29, 0.717) is 0 Å². The summed E-state index contributed by atoms with van der Waals surface area (Å²) in [5.41, 5.74) is 4.15. The fourth-order valence-corrected chi connectivity index (χ4v) is 5.30. The number of rotatable bonds is 9. The summed E-state index contributed by atoms with van der Waals surface area (Å²) in [7, 11) is 0. The van der Waals surface area contributed by atoms with Gasteiger partial charge in [-0.05, 0) is 36.8 Å². The summed E-state index contributed by atoms with van der Waals surface area (Å²) in [4.78, 5) is 46.1. The number of aliphatic hydroxyl groups excluding tert-OH is 1. The van der Waals surface area contributed by atoms with Gasteiger partial charge in [0.1, 0.15) is 12.1 Å². The number of ether oxygens (including phenoxy) is 1. The van der Waals surface area contributed by atoms with Gasteiger partial charge in [0, 0.05) is 13.0 Å². The van der Waals surface area contributed by atoms with Crippen LogP contribution in [0.4, 0.5) is 4.79 Å². The highest BCUT2D eigenvalue weighted by Gasteiger charge is 2.44. The molecule has 1 aromatic heterocycles. The van der Waals surface area contributed by atoms with E-state index in [1.807, 2.05) is 71.3 Å². The third-order valence-corrected chi connectivity index (χ3v) is 7.73. The van der Waals surface area contributed by atoms with E-state index in [1.54, 1.807) is 11.3 Å². The van der Waals surface area contributed by atoms with Crippen LogP contribution < -0.4 is 10.6 Å². The van der Waals surface area contributed by atoms with Crippen LogP contribution in [0.25, 0.3) is 10.4 Å². The fraction of sp³-hybridized carbons (Fsp3) is 0.571. The molecule has 4 atom stereocenters. The van der Waals surface area contributed by atoms with E-state index in [0.717, 1.165) is 34.5 Å². The second kappa shape index (κ2) is 14.1. The number of nitrogens with one attached hydrogen (secondary N) is 2.